The molecule has 1 aliphatic rings. The van der Waals surface area contributed by atoms with Crippen molar-refractivity contribution in [3.8, 4) is 0 Å². The summed E-state index contributed by atoms with van der Waals surface area (Å²) in [5.41, 5.74) is 2.54. The Morgan fingerprint density at radius 1 is 1.25 bits per heavy atom. The maximum Gasteiger partial charge on any atom is 0.130 e. The van der Waals surface area contributed by atoms with E-state index in [0.717, 1.165) is 31.1 Å². The van der Waals surface area contributed by atoms with Crippen LogP contribution in [0.1, 0.15) is 30.5 Å². The molecule has 4 heteroatoms. The molecule has 90 valence electrons. The lowest BCUT2D eigenvalue weighted by atomic mass is 10.1. The highest BCUT2D eigenvalue weighted by atomic mass is 35.5. The quantitative estimate of drug-likeness (QED) is 0.758. The second kappa shape index (κ2) is 5.19. The second-order valence-corrected chi connectivity index (χ2v) is 5.16. The van der Waals surface area contributed by atoms with Crippen molar-refractivity contribution >= 4 is 11.6 Å². The van der Waals surface area contributed by atoms with E-state index in [4.69, 9.17) is 11.6 Å². The minimum atomic E-state index is 0.874. The van der Waals surface area contributed by atoms with E-state index in [1.165, 1.54) is 30.5 Å². The molecule has 0 aromatic carbocycles. The summed E-state index contributed by atoms with van der Waals surface area (Å²) in [4.78, 5) is 2.16. The zero-order valence-electron chi connectivity index (χ0n) is 10.2. The summed E-state index contributed by atoms with van der Waals surface area (Å²) in [6, 6.07) is 0. The lowest BCUT2D eigenvalue weighted by Crippen LogP contribution is -2.19. The van der Waals surface area contributed by atoms with Crippen molar-refractivity contribution in [2.24, 2.45) is 0 Å². The molecule has 0 N–H and O–H groups in total. The van der Waals surface area contributed by atoms with Crippen LogP contribution in [0, 0.1) is 0 Å². The van der Waals surface area contributed by atoms with Gasteiger partial charge in [0, 0.05) is 12.1 Å². The molecule has 0 aliphatic heterocycles. The van der Waals surface area contributed by atoms with Gasteiger partial charge in [0.25, 0.3) is 0 Å². The third-order valence-electron chi connectivity index (χ3n) is 3.16. The topological polar surface area (TPSA) is 21.1 Å². The van der Waals surface area contributed by atoms with Gasteiger partial charge in [-0.15, -0.1) is 0 Å². The molecule has 1 heterocycles. The number of rotatable bonds is 3. The van der Waals surface area contributed by atoms with Crippen molar-refractivity contribution in [2.45, 2.75) is 38.6 Å². The van der Waals surface area contributed by atoms with Crippen molar-refractivity contribution in [1.29, 1.82) is 0 Å². The van der Waals surface area contributed by atoms with E-state index in [-0.39, 0.29) is 0 Å². The highest BCUT2D eigenvalue weighted by molar-refractivity contribution is 6.30. The van der Waals surface area contributed by atoms with Crippen LogP contribution in [0.5, 0.6) is 0 Å². The van der Waals surface area contributed by atoms with E-state index >= 15 is 0 Å². The van der Waals surface area contributed by atoms with Gasteiger partial charge in [-0.25, -0.2) is 0 Å². The minimum absolute atomic E-state index is 0.874. The van der Waals surface area contributed by atoms with E-state index in [1.54, 1.807) is 0 Å². The Balaban J connectivity index is 2.15. The first-order valence-electron chi connectivity index (χ1n) is 6.07. The minimum Gasteiger partial charge on any atom is -0.308 e. The molecule has 0 saturated carbocycles. The predicted octanol–water partition coefficient (Wildman–Crippen LogP) is 2.37. The van der Waals surface area contributed by atoms with Crippen LogP contribution in [-0.4, -0.2) is 35.3 Å². The third-order valence-corrected chi connectivity index (χ3v) is 3.59. The molecule has 0 fully saturated rings. The van der Waals surface area contributed by atoms with Gasteiger partial charge in [0.05, 0.1) is 12.2 Å². The van der Waals surface area contributed by atoms with Crippen LogP contribution in [0.25, 0.3) is 0 Å². The Morgan fingerprint density at radius 3 is 2.75 bits per heavy atom. The average Bonchev–Trinajstić information content (AvgIpc) is 2.43. The summed E-state index contributed by atoms with van der Waals surface area (Å²) >= 11 is 6.38. The Bertz CT molecular complexity index is 357. The maximum atomic E-state index is 6.38. The van der Waals surface area contributed by atoms with Gasteiger partial charge in [-0.05, 0) is 39.8 Å². The smallest absolute Gasteiger partial charge is 0.130 e. The molecule has 2 rings (SSSR count). The monoisotopic (exact) mass is 241 g/mol. The van der Waals surface area contributed by atoms with Gasteiger partial charge >= 0.3 is 0 Å². The van der Waals surface area contributed by atoms with Gasteiger partial charge in [0.15, 0.2) is 0 Å². The lowest BCUT2D eigenvalue weighted by Gasteiger charge is -2.10. The third kappa shape index (κ3) is 2.58. The van der Waals surface area contributed by atoms with Gasteiger partial charge in [0.1, 0.15) is 5.15 Å². The Hall–Kier alpha value is -0.540. The lowest BCUT2D eigenvalue weighted by molar-refractivity contribution is 0.372. The van der Waals surface area contributed by atoms with Crippen molar-refractivity contribution in [3.05, 3.63) is 16.4 Å². The highest BCUT2D eigenvalue weighted by Gasteiger charge is 2.17. The van der Waals surface area contributed by atoms with Gasteiger partial charge in [0.2, 0.25) is 0 Å². The molecular weight excluding hydrogens is 222 g/mol. The van der Waals surface area contributed by atoms with Crippen LogP contribution < -0.4 is 0 Å². The molecular formula is C12H20ClN3. The van der Waals surface area contributed by atoms with Crippen LogP contribution in [-0.2, 0) is 19.4 Å². The number of hydrogen-bond acceptors (Lipinski definition) is 2. The molecule has 1 aromatic rings. The normalized spacial score (nSPS) is 16.2. The van der Waals surface area contributed by atoms with E-state index in [1.807, 2.05) is 4.68 Å². The molecule has 1 aliphatic carbocycles. The fourth-order valence-corrected chi connectivity index (χ4v) is 2.51. The fraction of sp³-hybridized carbons (Fsp3) is 0.750. The average molecular weight is 242 g/mol. The number of aryl methyl sites for hydroxylation is 1. The summed E-state index contributed by atoms with van der Waals surface area (Å²) in [7, 11) is 4.14. The summed E-state index contributed by atoms with van der Waals surface area (Å²) in [5.74, 6) is 0. The van der Waals surface area contributed by atoms with E-state index in [2.05, 4.69) is 24.1 Å². The summed E-state index contributed by atoms with van der Waals surface area (Å²) < 4.78 is 1.97. The predicted molar refractivity (Wildman–Crippen MR) is 67.1 cm³/mol. The van der Waals surface area contributed by atoms with Crippen LogP contribution in [0.15, 0.2) is 0 Å². The number of fused-ring (bicyclic) bond motifs is 1. The first kappa shape index (κ1) is 11.9. The molecule has 0 spiro atoms. The number of halogens is 1. The number of nitrogens with zero attached hydrogens (tertiary/aromatic N) is 3. The molecule has 0 unspecified atom stereocenters. The first-order chi connectivity index (χ1) is 7.68. The molecule has 0 atom stereocenters. The molecule has 0 saturated heterocycles. The molecule has 0 bridgehead atoms. The van der Waals surface area contributed by atoms with Crippen LogP contribution in [0.3, 0.4) is 0 Å². The van der Waals surface area contributed by atoms with Crippen LogP contribution in [0.2, 0.25) is 5.15 Å². The molecule has 0 radical (unpaired) electrons. The SMILES string of the molecule is CN(C)CCn1nc2c(c1Cl)CCCCC2. The van der Waals surface area contributed by atoms with Crippen LogP contribution >= 0.6 is 11.6 Å². The van der Waals surface area contributed by atoms with Crippen molar-refractivity contribution in [1.82, 2.24) is 14.7 Å². The second-order valence-electron chi connectivity index (χ2n) is 4.80. The van der Waals surface area contributed by atoms with Gasteiger partial charge < -0.3 is 4.90 Å². The Labute approximate surface area is 102 Å². The zero-order chi connectivity index (χ0) is 11.5. The van der Waals surface area contributed by atoms with Crippen molar-refractivity contribution < 1.29 is 0 Å². The van der Waals surface area contributed by atoms with Crippen molar-refractivity contribution in [2.75, 3.05) is 20.6 Å². The molecule has 1 aromatic heterocycles. The maximum absolute atomic E-state index is 6.38. The Kier molecular flexibility index (Phi) is 3.87. The number of hydrogen-bond donors (Lipinski definition) is 0. The van der Waals surface area contributed by atoms with Crippen molar-refractivity contribution in [3.63, 3.8) is 0 Å². The van der Waals surface area contributed by atoms with Gasteiger partial charge in [-0.3, -0.25) is 4.68 Å². The fourth-order valence-electron chi connectivity index (χ4n) is 2.19. The summed E-state index contributed by atoms with van der Waals surface area (Å²) in [5, 5.41) is 5.51. The largest absolute Gasteiger partial charge is 0.308 e. The van der Waals surface area contributed by atoms with Crippen LogP contribution in [0.4, 0.5) is 0 Å². The molecule has 0 amide bonds. The first-order valence-corrected chi connectivity index (χ1v) is 6.45. The summed E-state index contributed by atoms with van der Waals surface area (Å²) in [6.07, 6.45) is 6.03. The van der Waals surface area contributed by atoms with E-state index in [9.17, 15) is 0 Å². The summed E-state index contributed by atoms with van der Waals surface area (Å²) in [6.45, 7) is 1.87. The van der Waals surface area contributed by atoms with Gasteiger partial charge in [-0.2, -0.15) is 5.10 Å². The number of likely N-dealkylation sites (N-methyl/N-ethyl adjacent to an activating group) is 1. The van der Waals surface area contributed by atoms with E-state index < -0.39 is 0 Å². The standard InChI is InChI=1S/C12H20ClN3/c1-15(2)8-9-16-12(13)10-6-4-3-5-7-11(10)14-16/h3-9H2,1-2H3. The van der Waals surface area contributed by atoms with E-state index in [0.29, 0.717) is 0 Å². The molecule has 3 nitrogen and oxygen atoms in total. The van der Waals surface area contributed by atoms with Gasteiger partial charge in [-0.1, -0.05) is 18.0 Å². The number of aromatic nitrogens is 2. The zero-order valence-corrected chi connectivity index (χ0v) is 10.9. The molecule has 16 heavy (non-hydrogen) atoms. The Morgan fingerprint density at radius 2 is 2.00 bits per heavy atom. The highest BCUT2D eigenvalue weighted by Crippen LogP contribution is 2.26.